The Bertz CT molecular complexity index is 999. The number of fused-ring (bicyclic) bond motifs is 1. The smallest absolute Gasteiger partial charge is 0.256 e. The zero-order valence-corrected chi connectivity index (χ0v) is 14.6. The molecule has 0 saturated heterocycles. The van der Waals surface area contributed by atoms with Crippen LogP contribution in [0, 0.1) is 6.92 Å². The number of aromatic nitrogens is 1. The van der Waals surface area contributed by atoms with Crippen molar-refractivity contribution in [3.8, 4) is 10.6 Å². The van der Waals surface area contributed by atoms with Gasteiger partial charge in [0.1, 0.15) is 10.0 Å². The summed E-state index contributed by atoms with van der Waals surface area (Å²) in [6.07, 6.45) is 0. The number of thiazole rings is 1. The summed E-state index contributed by atoms with van der Waals surface area (Å²) in [6.45, 7) is 1.98. The first-order valence-electron chi connectivity index (χ1n) is 7.52. The number of nitrogens with one attached hydrogen (secondary N) is 1. The number of nitrogens with zero attached hydrogens (tertiary/aromatic N) is 1. The maximum atomic E-state index is 12.5. The summed E-state index contributed by atoms with van der Waals surface area (Å²) in [6, 6.07) is 17.7. The summed E-state index contributed by atoms with van der Waals surface area (Å²) in [5, 5.41) is 6.76. The molecule has 0 radical (unpaired) electrons. The van der Waals surface area contributed by atoms with E-state index in [0.29, 0.717) is 5.56 Å². The molecule has 2 heterocycles. The van der Waals surface area contributed by atoms with E-state index in [-0.39, 0.29) is 5.91 Å². The summed E-state index contributed by atoms with van der Waals surface area (Å²) < 4.78 is 1.15. The lowest BCUT2D eigenvalue weighted by atomic mass is 10.1. The number of amides is 1. The molecule has 0 unspecified atom stereocenters. The van der Waals surface area contributed by atoms with E-state index >= 15 is 0 Å². The van der Waals surface area contributed by atoms with Crippen LogP contribution in [0.4, 0.5) is 5.00 Å². The molecule has 0 spiro atoms. The Morgan fingerprint density at radius 1 is 1.08 bits per heavy atom. The highest BCUT2D eigenvalue weighted by molar-refractivity contribution is 7.22. The van der Waals surface area contributed by atoms with Crippen molar-refractivity contribution in [2.75, 3.05) is 5.32 Å². The minimum Gasteiger partial charge on any atom is -0.313 e. The van der Waals surface area contributed by atoms with Crippen molar-refractivity contribution in [1.82, 2.24) is 4.98 Å². The molecule has 0 fully saturated rings. The predicted molar refractivity (Wildman–Crippen MR) is 102 cm³/mol. The highest BCUT2D eigenvalue weighted by atomic mass is 32.1. The van der Waals surface area contributed by atoms with Crippen LogP contribution in [0.1, 0.15) is 15.9 Å². The molecular formula is C19H14N2OS2. The summed E-state index contributed by atoms with van der Waals surface area (Å²) in [5.41, 5.74) is 3.70. The molecule has 1 amide bonds. The van der Waals surface area contributed by atoms with Gasteiger partial charge in [-0.2, -0.15) is 0 Å². The van der Waals surface area contributed by atoms with Crippen LogP contribution < -0.4 is 5.32 Å². The van der Waals surface area contributed by atoms with E-state index in [9.17, 15) is 4.79 Å². The lowest BCUT2D eigenvalue weighted by Gasteiger charge is -2.05. The zero-order chi connectivity index (χ0) is 16.5. The highest BCUT2D eigenvalue weighted by Crippen LogP contribution is 2.37. The second-order valence-corrected chi connectivity index (χ2v) is 7.42. The Morgan fingerprint density at radius 3 is 2.79 bits per heavy atom. The molecule has 3 nitrogen and oxygen atoms in total. The number of anilines is 1. The van der Waals surface area contributed by atoms with Crippen LogP contribution in [-0.2, 0) is 0 Å². The van der Waals surface area contributed by atoms with Gasteiger partial charge in [-0.25, -0.2) is 4.98 Å². The van der Waals surface area contributed by atoms with Crippen molar-refractivity contribution in [2.45, 2.75) is 6.92 Å². The van der Waals surface area contributed by atoms with Crippen LogP contribution >= 0.6 is 22.7 Å². The number of rotatable bonds is 3. The third-order valence-electron chi connectivity index (χ3n) is 3.70. The van der Waals surface area contributed by atoms with Gasteiger partial charge in [0, 0.05) is 11.1 Å². The molecule has 2 aromatic heterocycles. The molecule has 0 saturated carbocycles. The lowest BCUT2D eigenvalue weighted by molar-refractivity contribution is 0.102. The molecule has 4 aromatic rings. The Hall–Kier alpha value is -2.50. The van der Waals surface area contributed by atoms with Crippen LogP contribution in [0.15, 0.2) is 60.0 Å². The monoisotopic (exact) mass is 350 g/mol. The zero-order valence-electron chi connectivity index (χ0n) is 12.9. The molecule has 5 heteroatoms. The van der Waals surface area contributed by atoms with Gasteiger partial charge in [-0.05, 0) is 42.6 Å². The van der Waals surface area contributed by atoms with E-state index in [1.165, 1.54) is 11.3 Å². The first-order valence-corrected chi connectivity index (χ1v) is 9.22. The first-order chi connectivity index (χ1) is 11.7. The van der Waals surface area contributed by atoms with Crippen LogP contribution in [0.25, 0.3) is 20.8 Å². The van der Waals surface area contributed by atoms with Gasteiger partial charge in [-0.1, -0.05) is 29.8 Å². The quantitative estimate of drug-likeness (QED) is 0.523. The number of aryl methyl sites for hydroxylation is 1. The average Bonchev–Trinajstić information content (AvgIpc) is 3.20. The van der Waals surface area contributed by atoms with Gasteiger partial charge < -0.3 is 5.32 Å². The Labute approximate surface area is 147 Å². The molecule has 0 bridgehead atoms. The Balaban J connectivity index is 1.66. The minimum absolute atomic E-state index is 0.0940. The summed E-state index contributed by atoms with van der Waals surface area (Å²) >= 11 is 3.15. The normalized spacial score (nSPS) is 10.9. The first kappa shape index (κ1) is 15.1. The molecule has 0 aliphatic rings. The molecular weight excluding hydrogens is 336 g/mol. The molecule has 2 aromatic carbocycles. The van der Waals surface area contributed by atoms with Gasteiger partial charge in [0.2, 0.25) is 0 Å². The van der Waals surface area contributed by atoms with Crippen molar-refractivity contribution >= 4 is 43.8 Å². The molecule has 0 aliphatic heterocycles. The fourth-order valence-electron chi connectivity index (χ4n) is 2.52. The molecule has 118 valence electrons. The van der Waals surface area contributed by atoms with E-state index in [1.54, 1.807) is 11.3 Å². The number of para-hydroxylation sites is 1. The minimum atomic E-state index is -0.0940. The number of hydrogen-bond donors (Lipinski definition) is 1. The molecule has 4 rings (SSSR count). The molecule has 0 atom stereocenters. The standard InChI is InChI=1S/C19H14N2OS2/c1-12-5-4-6-13(11-12)17(22)21-18-14(9-10-23-18)19-20-15-7-2-3-8-16(15)24-19/h2-11H,1H3,(H,21,22). The van der Waals surface area contributed by atoms with Crippen LogP contribution in [0.5, 0.6) is 0 Å². The van der Waals surface area contributed by atoms with E-state index < -0.39 is 0 Å². The van der Waals surface area contributed by atoms with Gasteiger partial charge >= 0.3 is 0 Å². The topological polar surface area (TPSA) is 42.0 Å². The van der Waals surface area contributed by atoms with E-state index in [1.807, 2.05) is 60.8 Å². The van der Waals surface area contributed by atoms with Gasteiger partial charge in [0.15, 0.2) is 0 Å². The highest BCUT2D eigenvalue weighted by Gasteiger charge is 2.15. The van der Waals surface area contributed by atoms with E-state index in [2.05, 4.69) is 16.4 Å². The predicted octanol–water partition coefficient (Wildman–Crippen LogP) is 5.59. The number of benzene rings is 2. The van der Waals surface area contributed by atoms with Gasteiger partial charge in [-0.15, -0.1) is 22.7 Å². The van der Waals surface area contributed by atoms with Crippen molar-refractivity contribution in [1.29, 1.82) is 0 Å². The largest absolute Gasteiger partial charge is 0.313 e. The molecule has 0 aliphatic carbocycles. The maximum Gasteiger partial charge on any atom is 0.256 e. The Kier molecular flexibility index (Phi) is 3.88. The van der Waals surface area contributed by atoms with E-state index in [4.69, 9.17) is 0 Å². The van der Waals surface area contributed by atoms with Crippen LogP contribution in [0.3, 0.4) is 0 Å². The molecule has 1 N–H and O–H groups in total. The summed E-state index contributed by atoms with van der Waals surface area (Å²) in [4.78, 5) is 17.2. The fourth-order valence-corrected chi connectivity index (χ4v) is 4.37. The lowest BCUT2D eigenvalue weighted by Crippen LogP contribution is -2.11. The number of carbonyl (C=O) groups excluding carboxylic acids is 1. The SMILES string of the molecule is Cc1cccc(C(=O)Nc2sccc2-c2nc3ccccc3s2)c1. The van der Waals surface area contributed by atoms with Crippen molar-refractivity contribution < 1.29 is 4.79 Å². The number of thiophene rings is 1. The third kappa shape index (κ3) is 2.84. The van der Waals surface area contributed by atoms with Crippen molar-refractivity contribution in [2.24, 2.45) is 0 Å². The van der Waals surface area contributed by atoms with Crippen LogP contribution in [0.2, 0.25) is 0 Å². The van der Waals surface area contributed by atoms with Gasteiger partial charge in [0.25, 0.3) is 5.91 Å². The van der Waals surface area contributed by atoms with Gasteiger partial charge in [-0.3, -0.25) is 4.79 Å². The van der Waals surface area contributed by atoms with Crippen molar-refractivity contribution in [3.05, 3.63) is 71.1 Å². The number of carbonyl (C=O) groups is 1. The average molecular weight is 350 g/mol. The molecule has 24 heavy (non-hydrogen) atoms. The summed E-state index contributed by atoms with van der Waals surface area (Å²) in [7, 11) is 0. The maximum absolute atomic E-state index is 12.5. The second kappa shape index (κ2) is 6.19. The van der Waals surface area contributed by atoms with E-state index in [0.717, 1.165) is 31.4 Å². The van der Waals surface area contributed by atoms with Gasteiger partial charge in [0.05, 0.1) is 10.2 Å². The second-order valence-electron chi connectivity index (χ2n) is 5.47. The number of hydrogen-bond acceptors (Lipinski definition) is 4. The van der Waals surface area contributed by atoms with Crippen molar-refractivity contribution in [3.63, 3.8) is 0 Å². The Morgan fingerprint density at radius 2 is 1.96 bits per heavy atom. The third-order valence-corrected chi connectivity index (χ3v) is 5.60. The fraction of sp³-hybridized carbons (Fsp3) is 0.0526. The van der Waals surface area contributed by atoms with Crippen LogP contribution in [-0.4, -0.2) is 10.9 Å². The summed E-state index contributed by atoms with van der Waals surface area (Å²) in [5.74, 6) is -0.0940.